The highest BCUT2D eigenvalue weighted by Crippen LogP contribution is 2.30. The number of halogens is 1. The zero-order valence-electron chi connectivity index (χ0n) is 20.0. The van der Waals surface area contributed by atoms with Gasteiger partial charge >= 0.3 is 5.97 Å². The first-order valence-electron chi connectivity index (χ1n) is 11.6. The summed E-state index contributed by atoms with van der Waals surface area (Å²) in [7, 11) is 0. The van der Waals surface area contributed by atoms with E-state index < -0.39 is 41.6 Å². The molecule has 3 rings (SSSR count). The monoisotopic (exact) mass is 474 g/mol. The van der Waals surface area contributed by atoms with E-state index in [1.54, 1.807) is 0 Å². The summed E-state index contributed by atoms with van der Waals surface area (Å²) in [5.74, 6) is -3.36. The first-order valence-corrected chi connectivity index (χ1v) is 11.6. The highest BCUT2D eigenvalue weighted by Gasteiger charge is 2.47. The molecule has 2 heterocycles. The van der Waals surface area contributed by atoms with E-state index in [1.807, 2.05) is 32.6 Å². The lowest BCUT2D eigenvalue weighted by Gasteiger charge is -2.36. The van der Waals surface area contributed by atoms with Gasteiger partial charge in [-0.3, -0.25) is 39.3 Å². The van der Waals surface area contributed by atoms with Gasteiger partial charge in [0.15, 0.2) is 0 Å². The standard InChI is InChI=1S/C24H31FN4O5/c1-5-27(6-2)20(14(3)4)24(33)34-13-12-28-18(26)11-10-17(22(28)31)29-21(30)15-8-7-9-16(25)19(15)23(29)32/h7-9,14,17,20,26H,5-6,10-13H2,1-4H3/t17?,20-/m0/s1. The van der Waals surface area contributed by atoms with E-state index in [4.69, 9.17) is 10.1 Å². The molecule has 3 amide bonds. The van der Waals surface area contributed by atoms with Crippen LogP contribution in [0.4, 0.5) is 4.39 Å². The number of piperidine rings is 1. The van der Waals surface area contributed by atoms with Crippen molar-refractivity contribution in [3.8, 4) is 0 Å². The van der Waals surface area contributed by atoms with Crippen LogP contribution in [0, 0.1) is 17.1 Å². The molecule has 1 fully saturated rings. The Labute approximate surface area is 198 Å². The minimum atomic E-state index is -1.14. The summed E-state index contributed by atoms with van der Waals surface area (Å²) in [6, 6.07) is 2.22. The van der Waals surface area contributed by atoms with Crippen molar-refractivity contribution in [3.63, 3.8) is 0 Å². The Morgan fingerprint density at radius 2 is 1.88 bits per heavy atom. The summed E-state index contributed by atoms with van der Waals surface area (Å²) >= 11 is 0. The number of likely N-dealkylation sites (N-methyl/N-ethyl adjacent to an activating group) is 1. The molecule has 1 N–H and O–H groups in total. The van der Waals surface area contributed by atoms with Crippen LogP contribution >= 0.6 is 0 Å². The number of fused-ring (bicyclic) bond motifs is 1. The minimum Gasteiger partial charge on any atom is -0.463 e. The van der Waals surface area contributed by atoms with Crippen LogP contribution in [0.3, 0.4) is 0 Å². The van der Waals surface area contributed by atoms with Crippen molar-refractivity contribution in [3.05, 3.63) is 35.1 Å². The molecule has 2 aliphatic heterocycles. The van der Waals surface area contributed by atoms with Gasteiger partial charge in [-0.2, -0.15) is 0 Å². The molecule has 0 saturated carbocycles. The average Bonchev–Trinajstić information content (AvgIpc) is 3.05. The van der Waals surface area contributed by atoms with Gasteiger partial charge in [0, 0.05) is 6.42 Å². The van der Waals surface area contributed by atoms with Gasteiger partial charge in [0.1, 0.15) is 30.3 Å². The first kappa shape index (κ1) is 25.5. The van der Waals surface area contributed by atoms with Crippen LogP contribution in [0.5, 0.6) is 0 Å². The lowest BCUT2D eigenvalue weighted by molar-refractivity contribution is -0.153. The fourth-order valence-corrected chi connectivity index (χ4v) is 4.66. The van der Waals surface area contributed by atoms with E-state index in [0.29, 0.717) is 13.1 Å². The Balaban J connectivity index is 1.69. The van der Waals surface area contributed by atoms with Gasteiger partial charge in [0.2, 0.25) is 0 Å². The number of ether oxygens (including phenoxy) is 1. The number of nitrogens with zero attached hydrogens (tertiary/aromatic N) is 3. The molecule has 1 aromatic rings. The number of benzene rings is 1. The Kier molecular flexibility index (Phi) is 7.81. The maximum atomic E-state index is 14.2. The van der Waals surface area contributed by atoms with Gasteiger partial charge in [-0.25, -0.2) is 4.39 Å². The summed E-state index contributed by atoms with van der Waals surface area (Å²) in [4.78, 5) is 55.4. The maximum Gasteiger partial charge on any atom is 0.323 e. The molecule has 9 nitrogen and oxygen atoms in total. The number of likely N-dealkylation sites (tertiary alicyclic amines) is 1. The fraction of sp³-hybridized carbons (Fsp3) is 0.542. The van der Waals surface area contributed by atoms with Crippen molar-refractivity contribution >= 4 is 29.5 Å². The molecule has 184 valence electrons. The van der Waals surface area contributed by atoms with Crippen LogP contribution in [0.2, 0.25) is 0 Å². The smallest absolute Gasteiger partial charge is 0.323 e. The number of carbonyl (C=O) groups excluding carboxylic acids is 4. The number of nitrogens with one attached hydrogen (secondary N) is 1. The van der Waals surface area contributed by atoms with Crippen molar-refractivity contribution in [2.45, 2.75) is 52.6 Å². The zero-order chi connectivity index (χ0) is 25.2. The predicted molar refractivity (Wildman–Crippen MR) is 122 cm³/mol. The molecule has 1 saturated heterocycles. The van der Waals surface area contributed by atoms with Crippen molar-refractivity contribution in [2.24, 2.45) is 5.92 Å². The molecular weight excluding hydrogens is 443 g/mol. The second-order valence-corrected chi connectivity index (χ2v) is 8.71. The third kappa shape index (κ3) is 4.59. The maximum absolute atomic E-state index is 14.2. The number of esters is 1. The van der Waals surface area contributed by atoms with Crippen molar-refractivity contribution < 1.29 is 28.3 Å². The molecule has 2 aliphatic rings. The Bertz CT molecular complexity index is 1010. The molecule has 0 spiro atoms. The third-order valence-electron chi connectivity index (χ3n) is 6.38. The Morgan fingerprint density at radius 3 is 2.47 bits per heavy atom. The number of imide groups is 1. The van der Waals surface area contributed by atoms with E-state index in [2.05, 4.69) is 0 Å². The number of hydrogen-bond donors (Lipinski definition) is 1. The van der Waals surface area contributed by atoms with Gasteiger partial charge in [-0.1, -0.05) is 33.8 Å². The molecule has 10 heteroatoms. The fourth-order valence-electron chi connectivity index (χ4n) is 4.66. The number of hydrogen-bond acceptors (Lipinski definition) is 7. The first-order chi connectivity index (χ1) is 16.1. The van der Waals surface area contributed by atoms with E-state index in [0.717, 1.165) is 15.9 Å². The Morgan fingerprint density at radius 1 is 1.21 bits per heavy atom. The number of amidine groups is 1. The molecular formula is C24H31FN4O5. The van der Waals surface area contributed by atoms with Crippen LogP contribution < -0.4 is 0 Å². The topological polar surface area (TPSA) is 111 Å². The summed E-state index contributed by atoms with van der Waals surface area (Å²) in [6.45, 7) is 8.98. The van der Waals surface area contributed by atoms with E-state index in [1.165, 1.54) is 12.1 Å². The van der Waals surface area contributed by atoms with Crippen molar-refractivity contribution in [2.75, 3.05) is 26.2 Å². The van der Waals surface area contributed by atoms with Crippen molar-refractivity contribution in [1.29, 1.82) is 5.41 Å². The van der Waals surface area contributed by atoms with E-state index >= 15 is 0 Å². The summed E-state index contributed by atoms with van der Waals surface area (Å²) in [5, 5.41) is 8.17. The highest BCUT2D eigenvalue weighted by molar-refractivity contribution is 6.23. The van der Waals surface area contributed by atoms with E-state index in [-0.39, 0.29) is 48.9 Å². The van der Waals surface area contributed by atoms with Crippen molar-refractivity contribution in [1.82, 2.24) is 14.7 Å². The molecule has 1 unspecified atom stereocenters. The van der Waals surface area contributed by atoms with E-state index in [9.17, 15) is 23.6 Å². The summed E-state index contributed by atoms with van der Waals surface area (Å²) < 4.78 is 19.6. The quantitative estimate of drug-likeness (QED) is 0.434. The lowest BCUT2D eigenvalue weighted by Crippen LogP contribution is -2.56. The second-order valence-electron chi connectivity index (χ2n) is 8.71. The molecule has 0 bridgehead atoms. The average molecular weight is 475 g/mol. The van der Waals surface area contributed by atoms with Crippen LogP contribution in [-0.4, -0.2) is 82.6 Å². The number of carbonyl (C=O) groups is 4. The molecule has 1 aromatic carbocycles. The largest absolute Gasteiger partial charge is 0.463 e. The number of amides is 3. The number of rotatable bonds is 9. The zero-order valence-corrected chi connectivity index (χ0v) is 20.0. The molecule has 2 atom stereocenters. The Hall–Kier alpha value is -3.14. The van der Waals surface area contributed by atoms with Crippen LogP contribution in [0.1, 0.15) is 61.3 Å². The second kappa shape index (κ2) is 10.4. The van der Waals surface area contributed by atoms with Gasteiger partial charge in [-0.05, 0) is 37.6 Å². The minimum absolute atomic E-state index is 0.0178. The van der Waals surface area contributed by atoms with Crippen LogP contribution in [0.15, 0.2) is 18.2 Å². The lowest BCUT2D eigenvalue weighted by atomic mass is 10.0. The van der Waals surface area contributed by atoms with Gasteiger partial charge in [-0.15, -0.1) is 0 Å². The normalized spacial score (nSPS) is 19.3. The predicted octanol–water partition coefficient (Wildman–Crippen LogP) is 2.30. The van der Waals surface area contributed by atoms with Crippen LogP contribution in [0.25, 0.3) is 0 Å². The summed E-state index contributed by atoms with van der Waals surface area (Å²) in [6.07, 6.45) is 0.229. The van der Waals surface area contributed by atoms with Gasteiger partial charge < -0.3 is 4.74 Å². The molecule has 0 radical (unpaired) electrons. The molecule has 0 aliphatic carbocycles. The summed E-state index contributed by atoms with van der Waals surface area (Å²) in [5.41, 5.74) is -0.410. The van der Waals surface area contributed by atoms with Gasteiger partial charge in [0.25, 0.3) is 17.7 Å². The molecule has 0 aromatic heterocycles. The van der Waals surface area contributed by atoms with Crippen LogP contribution in [-0.2, 0) is 14.3 Å². The third-order valence-corrected chi connectivity index (χ3v) is 6.38. The SMILES string of the molecule is CCN(CC)[C@H](C(=O)OCCN1C(=N)CCC(N2C(=O)c3cccc(F)c3C2=O)C1=O)C(C)C. The molecule has 34 heavy (non-hydrogen) atoms. The van der Waals surface area contributed by atoms with Gasteiger partial charge in [0.05, 0.1) is 17.7 Å². The highest BCUT2D eigenvalue weighted by atomic mass is 19.1.